The summed E-state index contributed by atoms with van der Waals surface area (Å²) in [6.45, 7) is 6.48. The minimum atomic E-state index is -0.884. The molecule has 138 valence electrons. The fourth-order valence-electron chi connectivity index (χ4n) is 3.42. The van der Waals surface area contributed by atoms with Gasteiger partial charge in [-0.3, -0.25) is 14.3 Å². The minimum absolute atomic E-state index is 0.157. The molecule has 6 nitrogen and oxygen atoms in total. The van der Waals surface area contributed by atoms with Gasteiger partial charge in [-0.2, -0.15) is 5.10 Å². The zero-order valence-corrected chi connectivity index (χ0v) is 15.9. The Morgan fingerprint density at radius 1 is 1.31 bits per heavy atom. The lowest BCUT2D eigenvalue weighted by molar-refractivity contribution is -0.147. The molecule has 26 heavy (non-hydrogen) atoms. The molecule has 1 fully saturated rings. The Balaban J connectivity index is 1.86. The number of hydrogen-bond donors (Lipinski definition) is 1. The first-order valence-corrected chi connectivity index (χ1v) is 8.91. The molecule has 1 aliphatic heterocycles. The van der Waals surface area contributed by atoms with Crippen LogP contribution in [0.5, 0.6) is 0 Å². The van der Waals surface area contributed by atoms with Gasteiger partial charge in [0, 0.05) is 23.8 Å². The summed E-state index contributed by atoms with van der Waals surface area (Å²) < 4.78 is 1.77. The number of halogens is 1. The molecule has 0 spiro atoms. The third-order valence-electron chi connectivity index (χ3n) is 5.15. The average Bonchev–Trinajstić information content (AvgIpc) is 3.11. The van der Waals surface area contributed by atoms with E-state index in [2.05, 4.69) is 5.10 Å². The molecule has 0 radical (unpaired) electrons. The summed E-state index contributed by atoms with van der Waals surface area (Å²) in [5, 5.41) is 14.5. The maximum atomic E-state index is 13.0. The van der Waals surface area contributed by atoms with Crippen molar-refractivity contribution >= 4 is 23.5 Å². The molecule has 1 atom stereocenters. The van der Waals surface area contributed by atoms with Crippen molar-refractivity contribution in [3.05, 3.63) is 51.8 Å². The maximum absolute atomic E-state index is 13.0. The van der Waals surface area contributed by atoms with Gasteiger partial charge in [-0.1, -0.05) is 29.8 Å². The third kappa shape index (κ3) is 3.21. The van der Waals surface area contributed by atoms with E-state index in [0.29, 0.717) is 35.8 Å². The highest BCUT2D eigenvalue weighted by molar-refractivity contribution is 6.31. The number of aryl methyl sites for hydroxylation is 1. The second kappa shape index (κ2) is 6.76. The van der Waals surface area contributed by atoms with Crippen molar-refractivity contribution in [1.82, 2.24) is 14.7 Å². The summed E-state index contributed by atoms with van der Waals surface area (Å²) in [5.74, 6) is -1.02. The first-order valence-electron chi connectivity index (χ1n) is 8.53. The molecule has 1 aliphatic rings. The number of carboxylic acids is 1. The number of benzene rings is 1. The largest absolute Gasteiger partial charge is 0.481 e. The molecule has 1 aromatic heterocycles. The van der Waals surface area contributed by atoms with Crippen LogP contribution in [0.4, 0.5) is 0 Å². The molecular formula is C19H22ClN3O3. The van der Waals surface area contributed by atoms with E-state index in [-0.39, 0.29) is 12.5 Å². The number of hydrogen-bond acceptors (Lipinski definition) is 3. The molecule has 1 saturated heterocycles. The number of rotatable bonds is 4. The summed E-state index contributed by atoms with van der Waals surface area (Å²) in [6, 6.07) is 7.54. The second-order valence-corrected chi connectivity index (χ2v) is 7.54. The summed E-state index contributed by atoms with van der Waals surface area (Å²) in [6.07, 6.45) is 0.458. The molecule has 3 rings (SSSR count). The van der Waals surface area contributed by atoms with E-state index >= 15 is 0 Å². The smallest absolute Gasteiger partial charge is 0.311 e. The molecule has 1 aromatic carbocycles. The van der Waals surface area contributed by atoms with E-state index in [4.69, 9.17) is 11.6 Å². The Morgan fingerprint density at radius 2 is 2.00 bits per heavy atom. The fraction of sp³-hybridized carbons (Fsp3) is 0.421. The molecule has 2 aromatic rings. The lowest BCUT2D eigenvalue weighted by Crippen LogP contribution is -2.35. The van der Waals surface area contributed by atoms with Crippen molar-refractivity contribution in [1.29, 1.82) is 0 Å². The van der Waals surface area contributed by atoms with Gasteiger partial charge < -0.3 is 10.0 Å². The first kappa shape index (κ1) is 18.5. The number of amides is 1. The highest BCUT2D eigenvalue weighted by Gasteiger charge is 2.43. The second-order valence-electron chi connectivity index (χ2n) is 7.14. The number of carbonyl (C=O) groups excluding carboxylic acids is 1. The van der Waals surface area contributed by atoms with Crippen molar-refractivity contribution in [3.8, 4) is 0 Å². The molecule has 0 unspecified atom stereocenters. The minimum Gasteiger partial charge on any atom is -0.481 e. The summed E-state index contributed by atoms with van der Waals surface area (Å²) >= 11 is 6.23. The van der Waals surface area contributed by atoms with E-state index in [0.717, 1.165) is 11.3 Å². The van der Waals surface area contributed by atoms with E-state index in [9.17, 15) is 14.7 Å². The highest BCUT2D eigenvalue weighted by Crippen LogP contribution is 2.32. The number of aliphatic carboxylic acids is 1. The summed E-state index contributed by atoms with van der Waals surface area (Å²) in [5.41, 5.74) is 2.00. The van der Waals surface area contributed by atoms with Gasteiger partial charge in [-0.25, -0.2) is 0 Å². The van der Waals surface area contributed by atoms with Gasteiger partial charge >= 0.3 is 5.97 Å². The van der Waals surface area contributed by atoms with Gasteiger partial charge in [-0.05, 0) is 38.8 Å². The standard InChI is InChI=1S/C19H22ClN3O3/c1-12-16(17(24)22-9-8-19(3,11-22)18(25)26)13(2)23(21-12)10-14-6-4-5-7-15(14)20/h4-7H,8-11H2,1-3H3,(H,25,26)/t19-/m0/s1. The summed E-state index contributed by atoms with van der Waals surface area (Å²) in [7, 11) is 0. The highest BCUT2D eigenvalue weighted by atomic mass is 35.5. The van der Waals surface area contributed by atoms with Crippen LogP contribution in [-0.4, -0.2) is 44.8 Å². The Labute approximate surface area is 157 Å². The molecule has 7 heteroatoms. The number of aromatic nitrogens is 2. The molecule has 0 saturated carbocycles. The van der Waals surface area contributed by atoms with Crippen molar-refractivity contribution in [2.24, 2.45) is 5.41 Å². The lowest BCUT2D eigenvalue weighted by Gasteiger charge is -2.20. The SMILES string of the molecule is Cc1nn(Cc2ccccc2Cl)c(C)c1C(=O)N1CC[C@](C)(C(=O)O)C1. The lowest BCUT2D eigenvalue weighted by atomic mass is 9.90. The van der Waals surface area contributed by atoms with Crippen LogP contribution < -0.4 is 0 Å². The Morgan fingerprint density at radius 3 is 2.62 bits per heavy atom. The Bertz CT molecular complexity index is 877. The van der Waals surface area contributed by atoms with Gasteiger partial charge in [0.2, 0.25) is 0 Å². The van der Waals surface area contributed by atoms with Crippen molar-refractivity contribution < 1.29 is 14.7 Å². The zero-order valence-electron chi connectivity index (χ0n) is 15.1. The van der Waals surface area contributed by atoms with Crippen LogP contribution in [0.3, 0.4) is 0 Å². The quantitative estimate of drug-likeness (QED) is 0.890. The molecule has 0 bridgehead atoms. The van der Waals surface area contributed by atoms with Crippen LogP contribution >= 0.6 is 11.6 Å². The monoisotopic (exact) mass is 375 g/mol. The van der Waals surface area contributed by atoms with Crippen LogP contribution in [0.1, 0.15) is 40.7 Å². The van der Waals surface area contributed by atoms with E-state index in [1.165, 1.54) is 0 Å². The van der Waals surface area contributed by atoms with Crippen LogP contribution in [0.25, 0.3) is 0 Å². The number of nitrogens with zero attached hydrogens (tertiary/aromatic N) is 3. The molecule has 0 aliphatic carbocycles. The van der Waals surface area contributed by atoms with Gasteiger partial charge in [0.05, 0.1) is 23.2 Å². The van der Waals surface area contributed by atoms with E-state index < -0.39 is 11.4 Å². The first-order chi connectivity index (χ1) is 12.2. The molecule has 1 amide bonds. The Hall–Kier alpha value is -2.34. The van der Waals surface area contributed by atoms with Crippen LogP contribution in [0.15, 0.2) is 24.3 Å². The van der Waals surface area contributed by atoms with Crippen LogP contribution in [0, 0.1) is 19.3 Å². The zero-order chi connectivity index (χ0) is 19.1. The van der Waals surface area contributed by atoms with Crippen LogP contribution in [0.2, 0.25) is 5.02 Å². The van der Waals surface area contributed by atoms with E-state index in [1.54, 1.807) is 23.4 Å². The molecule has 2 heterocycles. The predicted octanol–water partition coefficient (Wildman–Crippen LogP) is 3.14. The topological polar surface area (TPSA) is 75.4 Å². The molecule has 1 N–H and O–H groups in total. The van der Waals surface area contributed by atoms with Crippen molar-refractivity contribution in [2.75, 3.05) is 13.1 Å². The number of carbonyl (C=O) groups is 2. The van der Waals surface area contributed by atoms with Crippen LogP contribution in [-0.2, 0) is 11.3 Å². The average molecular weight is 376 g/mol. The van der Waals surface area contributed by atoms with Crippen molar-refractivity contribution in [2.45, 2.75) is 33.7 Å². The predicted molar refractivity (Wildman–Crippen MR) is 98.5 cm³/mol. The fourth-order valence-corrected chi connectivity index (χ4v) is 3.61. The molecular weight excluding hydrogens is 354 g/mol. The Kier molecular flexibility index (Phi) is 4.80. The maximum Gasteiger partial charge on any atom is 0.311 e. The van der Waals surface area contributed by atoms with Gasteiger partial charge in [0.15, 0.2) is 0 Å². The number of likely N-dealkylation sites (tertiary alicyclic amines) is 1. The van der Waals surface area contributed by atoms with Crippen molar-refractivity contribution in [3.63, 3.8) is 0 Å². The van der Waals surface area contributed by atoms with Gasteiger partial charge in [0.1, 0.15) is 0 Å². The van der Waals surface area contributed by atoms with E-state index in [1.807, 2.05) is 31.2 Å². The normalized spacial score (nSPS) is 19.8. The number of carboxylic acid groups (broad SMARTS) is 1. The van der Waals surface area contributed by atoms with Gasteiger partial charge in [0.25, 0.3) is 5.91 Å². The van der Waals surface area contributed by atoms with Gasteiger partial charge in [-0.15, -0.1) is 0 Å². The third-order valence-corrected chi connectivity index (χ3v) is 5.52. The summed E-state index contributed by atoms with van der Waals surface area (Å²) in [4.78, 5) is 26.0.